The zero-order chi connectivity index (χ0) is 15.8. The Morgan fingerprint density at radius 3 is 2.24 bits per heavy atom. The lowest BCUT2D eigenvalue weighted by Crippen LogP contribution is -1.93. The van der Waals surface area contributed by atoms with Gasteiger partial charge in [-0.1, -0.05) is 63.8 Å². The lowest BCUT2D eigenvalue weighted by molar-refractivity contribution is -0.137. The van der Waals surface area contributed by atoms with Crippen LogP contribution in [0.15, 0.2) is 24.3 Å². The molecule has 122 valence electrons. The number of carboxylic acids is 1. The van der Waals surface area contributed by atoms with E-state index in [1.165, 1.54) is 32.1 Å². The average Bonchev–Trinajstić information content (AvgIpc) is 2.46. The number of hydrogen-bond donors (Lipinski definition) is 1. The Labute approximate surface area is 131 Å². The normalized spacial score (nSPS) is 13.2. The van der Waals surface area contributed by atoms with Crippen LogP contribution >= 0.6 is 0 Å². The summed E-state index contributed by atoms with van der Waals surface area (Å²) in [6.07, 6.45) is 20.9. The highest BCUT2D eigenvalue weighted by molar-refractivity contribution is 5.66. The van der Waals surface area contributed by atoms with Crippen molar-refractivity contribution in [1.29, 1.82) is 0 Å². The fourth-order valence-corrected chi connectivity index (χ4v) is 2.16. The predicted octanol–water partition coefficient (Wildman–Crippen LogP) is 6.13. The van der Waals surface area contributed by atoms with E-state index in [0.717, 1.165) is 38.0 Å². The number of allylic oxidation sites excluding steroid dienone is 4. The van der Waals surface area contributed by atoms with Crippen LogP contribution in [0.3, 0.4) is 0 Å². The molecule has 0 radical (unpaired) electrons. The first-order chi connectivity index (χ1) is 10.2. The molecular formula is C19H34O2. The fraction of sp³-hybridized carbons (Fsp3) is 0.737. The molecule has 0 aromatic heterocycles. The van der Waals surface area contributed by atoms with Crippen molar-refractivity contribution in [1.82, 2.24) is 0 Å². The molecule has 1 unspecified atom stereocenters. The van der Waals surface area contributed by atoms with Crippen LogP contribution in [0.25, 0.3) is 0 Å². The molecule has 0 spiro atoms. The van der Waals surface area contributed by atoms with E-state index in [2.05, 4.69) is 38.2 Å². The Morgan fingerprint density at radius 2 is 1.57 bits per heavy atom. The Balaban J connectivity index is 3.25. The van der Waals surface area contributed by atoms with Crippen molar-refractivity contribution in [2.75, 3.05) is 0 Å². The summed E-state index contributed by atoms with van der Waals surface area (Å²) in [5.41, 5.74) is 0. The number of rotatable bonds is 14. The molecule has 0 aliphatic carbocycles. The number of carboxylic acid groups (broad SMARTS) is 1. The number of hydrogen-bond acceptors (Lipinski definition) is 1. The first kappa shape index (κ1) is 19.9. The van der Waals surface area contributed by atoms with Crippen molar-refractivity contribution >= 4 is 5.97 Å². The van der Waals surface area contributed by atoms with E-state index in [9.17, 15) is 4.79 Å². The third kappa shape index (κ3) is 16.9. The maximum absolute atomic E-state index is 10.3. The van der Waals surface area contributed by atoms with Crippen molar-refractivity contribution in [3.05, 3.63) is 24.3 Å². The van der Waals surface area contributed by atoms with Crippen molar-refractivity contribution < 1.29 is 9.90 Å². The van der Waals surface area contributed by atoms with Crippen LogP contribution in [0, 0.1) is 5.92 Å². The smallest absolute Gasteiger partial charge is 0.303 e. The average molecular weight is 294 g/mol. The number of aliphatic carboxylic acids is 1. The third-order valence-electron chi connectivity index (χ3n) is 3.89. The number of carbonyl (C=O) groups is 1. The molecule has 0 aromatic rings. The second-order valence-electron chi connectivity index (χ2n) is 5.97. The van der Waals surface area contributed by atoms with E-state index in [4.69, 9.17) is 5.11 Å². The Bertz CT molecular complexity index is 292. The van der Waals surface area contributed by atoms with Crippen LogP contribution in [-0.4, -0.2) is 11.1 Å². The van der Waals surface area contributed by atoms with Gasteiger partial charge in [-0.05, 0) is 44.4 Å². The minimum atomic E-state index is -0.671. The van der Waals surface area contributed by atoms with E-state index in [1.54, 1.807) is 0 Å². The minimum absolute atomic E-state index is 0.323. The molecule has 2 nitrogen and oxygen atoms in total. The van der Waals surface area contributed by atoms with Gasteiger partial charge in [0.2, 0.25) is 0 Å². The maximum Gasteiger partial charge on any atom is 0.303 e. The highest BCUT2D eigenvalue weighted by Crippen LogP contribution is 2.10. The lowest BCUT2D eigenvalue weighted by Gasteiger charge is -2.03. The van der Waals surface area contributed by atoms with Crippen LogP contribution in [0.4, 0.5) is 0 Å². The molecule has 0 fully saturated rings. The van der Waals surface area contributed by atoms with Crippen LogP contribution in [0.2, 0.25) is 0 Å². The lowest BCUT2D eigenvalue weighted by atomic mass is 10.0. The maximum atomic E-state index is 10.3. The summed E-state index contributed by atoms with van der Waals surface area (Å²) in [6, 6.07) is 0. The van der Waals surface area contributed by atoms with Crippen molar-refractivity contribution in [3.8, 4) is 0 Å². The van der Waals surface area contributed by atoms with E-state index in [-0.39, 0.29) is 0 Å². The molecule has 0 amide bonds. The highest BCUT2D eigenvalue weighted by Gasteiger charge is 1.96. The number of unbranched alkanes of at least 4 members (excludes halogenated alkanes) is 5. The van der Waals surface area contributed by atoms with Gasteiger partial charge in [0.05, 0.1) is 0 Å². The summed E-state index contributed by atoms with van der Waals surface area (Å²) in [4.78, 5) is 10.3. The molecule has 0 aliphatic rings. The van der Waals surface area contributed by atoms with E-state index < -0.39 is 5.97 Å². The Kier molecular flexibility index (Phi) is 14.6. The molecule has 1 atom stereocenters. The quantitative estimate of drug-likeness (QED) is 0.309. The van der Waals surface area contributed by atoms with Gasteiger partial charge in [0.1, 0.15) is 0 Å². The topological polar surface area (TPSA) is 37.3 Å². The van der Waals surface area contributed by atoms with E-state index >= 15 is 0 Å². The zero-order valence-corrected chi connectivity index (χ0v) is 14.0. The molecule has 0 bridgehead atoms. The summed E-state index contributed by atoms with van der Waals surface area (Å²) in [5, 5.41) is 8.52. The zero-order valence-electron chi connectivity index (χ0n) is 14.0. The molecular weight excluding hydrogens is 260 g/mol. The van der Waals surface area contributed by atoms with Crippen LogP contribution < -0.4 is 0 Å². The molecule has 0 aliphatic heterocycles. The molecule has 0 aromatic carbocycles. The molecule has 2 heteroatoms. The molecule has 21 heavy (non-hydrogen) atoms. The molecule has 0 heterocycles. The van der Waals surface area contributed by atoms with E-state index in [1.807, 2.05) is 0 Å². The van der Waals surface area contributed by atoms with Crippen LogP contribution in [0.5, 0.6) is 0 Å². The van der Waals surface area contributed by atoms with E-state index in [0.29, 0.717) is 6.42 Å². The van der Waals surface area contributed by atoms with Gasteiger partial charge in [0.25, 0.3) is 0 Å². The van der Waals surface area contributed by atoms with Gasteiger partial charge in [-0.2, -0.15) is 0 Å². The minimum Gasteiger partial charge on any atom is -0.481 e. The SMILES string of the molecule is CCC(C)CC/C=C/C/C=C/CCCCCCCC(=O)O. The predicted molar refractivity (Wildman–Crippen MR) is 91.5 cm³/mol. The standard InChI is InChI=1S/C19H34O2/c1-3-18(2)16-14-12-10-8-6-4-5-7-9-11-13-15-17-19(20)21/h4,6,10,12,18H,3,5,7-9,11,13-17H2,1-2H3,(H,20,21)/b6-4+,12-10+. The fourth-order valence-electron chi connectivity index (χ4n) is 2.16. The Hall–Kier alpha value is -1.05. The van der Waals surface area contributed by atoms with Gasteiger partial charge in [-0.15, -0.1) is 0 Å². The molecule has 0 saturated heterocycles. The first-order valence-corrected chi connectivity index (χ1v) is 8.68. The third-order valence-corrected chi connectivity index (χ3v) is 3.89. The van der Waals surface area contributed by atoms with Crippen molar-refractivity contribution in [3.63, 3.8) is 0 Å². The summed E-state index contributed by atoms with van der Waals surface area (Å²) >= 11 is 0. The molecule has 1 N–H and O–H groups in total. The molecule has 0 saturated carbocycles. The van der Waals surface area contributed by atoms with Gasteiger partial charge in [0, 0.05) is 6.42 Å². The largest absolute Gasteiger partial charge is 0.481 e. The summed E-state index contributed by atoms with van der Waals surface area (Å²) < 4.78 is 0. The van der Waals surface area contributed by atoms with Gasteiger partial charge in [0.15, 0.2) is 0 Å². The van der Waals surface area contributed by atoms with Crippen molar-refractivity contribution in [2.45, 2.75) is 84.5 Å². The summed E-state index contributed by atoms with van der Waals surface area (Å²) in [7, 11) is 0. The molecule has 0 rings (SSSR count). The Morgan fingerprint density at radius 1 is 0.952 bits per heavy atom. The highest BCUT2D eigenvalue weighted by atomic mass is 16.4. The van der Waals surface area contributed by atoms with Gasteiger partial charge in [-0.3, -0.25) is 4.79 Å². The monoisotopic (exact) mass is 294 g/mol. The van der Waals surface area contributed by atoms with Gasteiger partial charge < -0.3 is 5.11 Å². The summed E-state index contributed by atoms with van der Waals surface area (Å²) in [6.45, 7) is 4.57. The van der Waals surface area contributed by atoms with Crippen LogP contribution in [-0.2, 0) is 4.79 Å². The van der Waals surface area contributed by atoms with Gasteiger partial charge in [-0.25, -0.2) is 0 Å². The first-order valence-electron chi connectivity index (χ1n) is 8.68. The van der Waals surface area contributed by atoms with Crippen LogP contribution in [0.1, 0.15) is 84.5 Å². The van der Waals surface area contributed by atoms with Gasteiger partial charge >= 0.3 is 5.97 Å². The summed E-state index contributed by atoms with van der Waals surface area (Å²) in [5.74, 6) is 0.177. The van der Waals surface area contributed by atoms with Crippen molar-refractivity contribution in [2.24, 2.45) is 5.92 Å². The second kappa shape index (κ2) is 15.3. The second-order valence-corrected chi connectivity index (χ2v) is 5.97.